The highest BCUT2D eigenvalue weighted by Gasteiger charge is 2.39. The van der Waals surface area contributed by atoms with E-state index < -0.39 is 11.5 Å². The van der Waals surface area contributed by atoms with Gasteiger partial charge in [0.05, 0.1) is 20.1 Å². The van der Waals surface area contributed by atoms with Gasteiger partial charge < -0.3 is 14.6 Å². The maximum absolute atomic E-state index is 12.0. The average molecular weight is 280 g/mol. The number of aliphatic hydroxyl groups is 1. The molecule has 2 unspecified atom stereocenters. The summed E-state index contributed by atoms with van der Waals surface area (Å²) < 4.78 is 10.0. The van der Waals surface area contributed by atoms with Gasteiger partial charge in [-0.05, 0) is 31.0 Å². The molecule has 0 saturated carbocycles. The molecule has 0 spiro atoms. The van der Waals surface area contributed by atoms with Crippen LogP contribution < -0.4 is 4.74 Å². The Labute approximate surface area is 120 Å². The number of hydrogen-bond acceptors (Lipinski definition) is 4. The highest BCUT2D eigenvalue weighted by atomic mass is 16.5. The molecule has 2 atom stereocenters. The number of rotatable bonds is 7. The van der Waals surface area contributed by atoms with Gasteiger partial charge in [-0.2, -0.15) is 0 Å². The Kier molecular flexibility index (Phi) is 6.02. The zero-order valence-corrected chi connectivity index (χ0v) is 12.7. The summed E-state index contributed by atoms with van der Waals surface area (Å²) in [6.07, 6.45) is 2.41. The normalized spacial score (nSPS) is 15.2. The van der Waals surface area contributed by atoms with Gasteiger partial charge in [0.1, 0.15) is 11.4 Å². The lowest BCUT2D eigenvalue weighted by atomic mass is 9.80. The third kappa shape index (κ3) is 3.73. The van der Waals surface area contributed by atoms with Gasteiger partial charge in [-0.25, -0.2) is 0 Å². The Morgan fingerprint density at radius 1 is 1.40 bits per heavy atom. The second-order valence-corrected chi connectivity index (χ2v) is 5.10. The molecule has 1 N–H and O–H groups in total. The first-order valence-corrected chi connectivity index (χ1v) is 6.92. The zero-order valence-electron chi connectivity index (χ0n) is 12.7. The molecule has 0 amide bonds. The molecule has 0 bridgehead atoms. The fourth-order valence-electron chi connectivity index (χ4n) is 2.32. The van der Waals surface area contributed by atoms with Crippen molar-refractivity contribution in [1.29, 1.82) is 0 Å². The Morgan fingerprint density at radius 3 is 2.65 bits per heavy atom. The van der Waals surface area contributed by atoms with Crippen molar-refractivity contribution in [3.05, 3.63) is 29.8 Å². The van der Waals surface area contributed by atoms with E-state index in [0.717, 1.165) is 12.8 Å². The van der Waals surface area contributed by atoms with Crippen molar-refractivity contribution in [3.63, 3.8) is 0 Å². The van der Waals surface area contributed by atoms with Crippen LogP contribution in [0.5, 0.6) is 5.75 Å². The van der Waals surface area contributed by atoms with Crippen LogP contribution in [0.2, 0.25) is 0 Å². The van der Waals surface area contributed by atoms with Gasteiger partial charge in [-0.15, -0.1) is 0 Å². The largest absolute Gasteiger partial charge is 0.497 e. The van der Waals surface area contributed by atoms with Gasteiger partial charge in [-0.3, -0.25) is 4.79 Å². The summed E-state index contributed by atoms with van der Waals surface area (Å²) in [5.74, 6) is -0.312. The molecule has 0 aliphatic carbocycles. The maximum atomic E-state index is 12.0. The van der Waals surface area contributed by atoms with Gasteiger partial charge in [0.25, 0.3) is 0 Å². The summed E-state index contributed by atoms with van der Waals surface area (Å²) in [5, 5.41) is 10.8. The lowest BCUT2D eigenvalue weighted by molar-refractivity contribution is -0.156. The van der Waals surface area contributed by atoms with E-state index in [2.05, 4.69) is 6.92 Å². The molecule has 0 heterocycles. The SMILES string of the molecule is CCCCC(C(=O)OC)C(C)(O)c1cccc(OC)c1. The van der Waals surface area contributed by atoms with Crippen LogP contribution in [-0.2, 0) is 15.1 Å². The van der Waals surface area contributed by atoms with Crippen molar-refractivity contribution < 1.29 is 19.4 Å². The van der Waals surface area contributed by atoms with E-state index in [1.54, 1.807) is 38.3 Å². The predicted octanol–water partition coefficient (Wildman–Crippen LogP) is 2.88. The standard InChI is InChI=1S/C16H24O4/c1-5-6-10-14(15(17)20-4)16(2,18)12-8-7-9-13(11-12)19-3/h7-9,11,14,18H,5-6,10H2,1-4H3. The van der Waals surface area contributed by atoms with Crippen molar-refractivity contribution >= 4 is 5.97 Å². The van der Waals surface area contributed by atoms with E-state index in [0.29, 0.717) is 17.7 Å². The molecule has 20 heavy (non-hydrogen) atoms. The minimum absolute atomic E-state index is 0.383. The zero-order chi connectivity index (χ0) is 15.2. The summed E-state index contributed by atoms with van der Waals surface area (Å²) in [5.41, 5.74) is -0.625. The number of esters is 1. The smallest absolute Gasteiger partial charge is 0.311 e. The minimum Gasteiger partial charge on any atom is -0.497 e. The molecule has 0 fully saturated rings. The van der Waals surface area contributed by atoms with Crippen molar-refractivity contribution in [1.82, 2.24) is 0 Å². The quantitative estimate of drug-likeness (QED) is 0.780. The van der Waals surface area contributed by atoms with Crippen LogP contribution in [0.25, 0.3) is 0 Å². The Bertz CT molecular complexity index is 440. The first-order chi connectivity index (χ1) is 9.47. The molecule has 0 saturated heterocycles. The van der Waals surface area contributed by atoms with Crippen LogP contribution in [0, 0.1) is 5.92 Å². The van der Waals surface area contributed by atoms with E-state index in [1.165, 1.54) is 7.11 Å². The third-order valence-corrected chi connectivity index (χ3v) is 3.66. The molecule has 4 nitrogen and oxygen atoms in total. The van der Waals surface area contributed by atoms with E-state index in [-0.39, 0.29) is 5.97 Å². The number of ether oxygens (including phenoxy) is 2. The fourth-order valence-corrected chi connectivity index (χ4v) is 2.32. The minimum atomic E-state index is -1.28. The van der Waals surface area contributed by atoms with Crippen molar-refractivity contribution in [2.24, 2.45) is 5.92 Å². The monoisotopic (exact) mass is 280 g/mol. The number of methoxy groups -OCH3 is 2. The second-order valence-electron chi connectivity index (χ2n) is 5.10. The summed E-state index contributed by atoms with van der Waals surface area (Å²) in [6, 6.07) is 7.15. The Hall–Kier alpha value is -1.55. The first-order valence-electron chi connectivity index (χ1n) is 6.92. The molecular formula is C16H24O4. The lowest BCUT2D eigenvalue weighted by Gasteiger charge is -2.31. The van der Waals surface area contributed by atoms with E-state index >= 15 is 0 Å². The van der Waals surface area contributed by atoms with Crippen LogP contribution in [-0.4, -0.2) is 25.3 Å². The van der Waals surface area contributed by atoms with Crippen molar-refractivity contribution in [3.8, 4) is 5.75 Å². The number of carbonyl (C=O) groups excluding carboxylic acids is 1. The van der Waals surface area contributed by atoms with E-state index in [9.17, 15) is 9.90 Å². The van der Waals surface area contributed by atoms with Crippen LogP contribution in [0.4, 0.5) is 0 Å². The summed E-state index contributed by atoms with van der Waals surface area (Å²) in [7, 11) is 2.92. The fraction of sp³-hybridized carbons (Fsp3) is 0.562. The summed E-state index contributed by atoms with van der Waals surface area (Å²) in [4.78, 5) is 12.0. The second kappa shape index (κ2) is 7.29. The molecule has 4 heteroatoms. The van der Waals surface area contributed by atoms with Gasteiger partial charge >= 0.3 is 5.97 Å². The summed E-state index contributed by atoms with van der Waals surface area (Å²) >= 11 is 0. The molecule has 0 aliphatic heterocycles. The topological polar surface area (TPSA) is 55.8 Å². The molecule has 112 valence electrons. The lowest BCUT2D eigenvalue weighted by Crippen LogP contribution is -2.38. The number of unbranched alkanes of at least 4 members (excludes halogenated alkanes) is 1. The van der Waals surface area contributed by atoms with Crippen LogP contribution in [0.3, 0.4) is 0 Å². The van der Waals surface area contributed by atoms with Gasteiger partial charge in [0.2, 0.25) is 0 Å². The van der Waals surface area contributed by atoms with E-state index in [4.69, 9.17) is 9.47 Å². The van der Waals surface area contributed by atoms with Crippen molar-refractivity contribution in [2.75, 3.05) is 14.2 Å². The molecule has 1 rings (SSSR count). The van der Waals surface area contributed by atoms with E-state index in [1.807, 2.05) is 0 Å². The van der Waals surface area contributed by atoms with Crippen molar-refractivity contribution in [2.45, 2.75) is 38.7 Å². The number of hydrogen-bond donors (Lipinski definition) is 1. The third-order valence-electron chi connectivity index (χ3n) is 3.66. The molecular weight excluding hydrogens is 256 g/mol. The Balaban J connectivity index is 3.09. The first kappa shape index (κ1) is 16.5. The predicted molar refractivity (Wildman–Crippen MR) is 77.6 cm³/mol. The molecule has 1 aromatic rings. The highest BCUT2D eigenvalue weighted by Crippen LogP contribution is 2.35. The van der Waals surface area contributed by atoms with Gasteiger partial charge in [0.15, 0.2) is 0 Å². The van der Waals surface area contributed by atoms with Gasteiger partial charge in [0, 0.05) is 0 Å². The Morgan fingerprint density at radius 2 is 2.10 bits per heavy atom. The number of benzene rings is 1. The number of carbonyl (C=O) groups is 1. The maximum Gasteiger partial charge on any atom is 0.311 e. The molecule has 1 aromatic carbocycles. The molecule has 0 aliphatic rings. The molecule has 0 aromatic heterocycles. The highest BCUT2D eigenvalue weighted by molar-refractivity contribution is 5.74. The molecule has 0 radical (unpaired) electrons. The van der Waals surface area contributed by atoms with Crippen LogP contribution in [0.1, 0.15) is 38.7 Å². The summed E-state index contributed by atoms with van der Waals surface area (Å²) in [6.45, 7) is 3.70. The van der Waals surface area contributed by atoms with Gasteiger partial charge in [-0.1, -0.05) is 31.9 Å². The van der Waals surface area contributed by atoms with Crippen LogP contribution >= 0.6 is 0 Å². The van der Waals surface area contributed by atoms with Crippen LogP contribution in [0.15, 0.2) is 24.3 Å². The average Bonchev–Trinajstić information content (AvgIpc) is 2.47.